The van der Waals surface area contributed by atoms with Crippen molar-refractivity contribution in [2.24, 2.45) is 5.92 Å². The van der Waals surface area contributed by atoms with Crippen molar-refractivity contribution in [1.82, 2.24) is 9.88 Å². The highest BCUT2D eigenvalue weighted by atomic mass is 16.3. The average molecular weight is 377 g/mol. The molecule has 5 heteroatoms. The third-order valence-corrected chi connectivity index (χ3v) is 6.16. The number of aliphatic hydroxyl groups excluding tert-OH is 1. The number of benzene rings is 1. The van der Waals surface area contributed by atoms with Crippen molar-refractivity contribution < 1.29 is 9.90 Å². The molecule has 1 fully saturated rings. The van der Waals surface area contributed by atoms with Crippen LogP contribution in [-0.4, -0.2) is 47.1 Å². The van der Waals surface area contributed by atoms with Crippen LogP contribution in [0, 0.1) is 5.92 Å². The number of carbonyl (C=O) groups excluding carboxylic acids is 1. The maximum Gasteiger partial charge on any atom is 0.227 e. The highest BCUT2D eigenvalue weighted by molar-refractivity contribution is 5.80. The van der Waals surface area contributed by atoms with Crippen LogP contribution < -0.4 is 4.90 Å². The molecule has 0 bridgehead atoms. The molecule has 4 rings (SSSR count). The Kier molecular flexibility index (Phi) is 5.18. The van der Waals surface area contributed by atoms with Crippen molar-refractivity contribution in [3.8, 4) is 0 Å². The molecular weight excluding hydrogens is 350 g/mol. The van der Waals surface area contributed by atoms with E-state index in [1.807, 2.05) is 37.1 Å². The fourth-order valence-corrected chi connectivity index (χ4v) is 4.83. The normalized spacial score (nSPS) is 23.8. The molecule has 2 aromatic rings. The number of allylic oxidation sites excluding steroid dienone is 1. The predicted octanol–water partition coefficient (Wildman–Crippen LogP) is 3.06. The van der Waals surface area contributed by atoms with E-state index in [1.54, 1.807) is 12.4 Å². The molecule has 146 valence electrons. The molecule has 3 atom stereocenters. The Hall–Kier alpha value is -2.66. The van der Waals surface area contributed by atoms with Gasteiger partial charge in [-0.15, -0.1) is 0 Å². The molecule has 1 aromatic carbocycles. The molecule has 2 aliphatic rings. The Morgan fingerprint density at radius 3 is 2.79 bits per heavy atom. The lowest BCUT2D eigenvalue weighted by Gasteiger charge is -2.44. The van der Waals surface area contributed by atoms with E-state index in [9.17, 15) is 9.90 Å². The fourth-order valence-electron chi connectivity index (χ4n) is 4.83. The third kappa shape index (κ3) is 3.20. The minimum atomic E-state index is 0.0166. The molecule has 5 nitrogen and oxygen atoms in total. The third-order valence-electron chi connectivity index (χ3n) is 6.16. The molecule has 0 spiro atoms. The summed E-state index contributed by atoms with van der Waals surface area (Å²) in [6.07, 6.45) is 8.87. The number of pyridine rings is 1. The monoisotopic (exact) mass is 377 g/mol. The van der Waals surface area contributed by atoms with E-state index in [4.69, 9.17) is 0 Å². The second-order valence-corrected chi connectivity index (χ2v) is 7.70. The van der Waals surface area contributed by atoms with E-state index in [1.165, 1.54) is 5.56 Å². The van der Waals surface area contributed by atoms with E-state index in [-0.39, 0.29) is 30.5 Å². The first-order chi connectivity index (χ1) is 13.6. The number of likely N-dealkylation sites (N-methyl/N-ethyl adjacent to an activating group) is 1. The van der Waals surface area contributed by atoms with Crippen molar-refractivity contribution in [2.75, 3.05) is 25.1 Å². The Labute approximate surface area is 166 Å². The molecule has 1 saturated heterocycles. The van der Waals surface area contributed by atoms with Gasteiger partial charge in [-0.05, 0) is 54.3 Å². The first-order valence-electron chi connectivity index (χ1n) is 9.92. The van der Waals surface area contributed by atoms with Crippen molar-refractivity contribution in [3.63, 3.8) is 0 Å². The lowest BCUT2D eigenvalue weighted by molar-refractivity contribution is -0.132. The van der Waals surface area contributed by atoms with Crippen LogP contribution in [0.3, 0.4) is 0 Å². The Bertz CT molecular complexity index is 881. The van der Waals surface area contributed by atoms with Crippen LogP contribution in [0.5, 0.6) is 0 Å². The summed E-state index contributed by atoms with van der Waals surface area (Å²) in [5.74, 6) is 0.382. The van der Waals surface area contributed by atoms with Gasteiger partial charge in [-0.3, -0.25) is 9.78 Å². The van der Waals surface area contributed by atoms with Crippen LogP contribution in [-0.2, 0) is 11.2 Å². The number of aliphatic hydroxyl groups is 1. The lowest BCUT2D eigenvalue weighted by Crippen LogP contribution is -2.48. The number of hydrogen-bond acceptors (Lipinski definition) is 4. The number of nitrogens with zero attached hydrogens (tertiary/aromatic N) is 3. The number of likely N-dealkylation sites (tertiary alicyclic amines) is 1. The number of fused-ring (bicyclic) bond motifs is 3. The van der Waals surface area contributed by atoms with Gasteiger partial charge >= 0.3 is 0 Å². The van der Waals surface area contributed by atoms with Crippen LogP contribution in [0.2, 0.25) is 0 Å². The number of amides is 1. The van der Waals surface area contributed by atoms with Gasteiger partial charge in [0.25, 0.3) is 0 Å². The SMILES string of the molecule is C/C=C/c1ccc2c(c1)[C@@H]1[C@@H](CCN1C(=O)Cc1ccncc1)[C@@H](CO)N2C. The molecule has 0 radical (unpaired) electrons. The summed E-state index contributed by atoms with van der Waals surface area (Å²) in [5, 5.41) is 10.1. The fraction of sp³-hybridized carbons (Fsp3) is 0.391. The Balaban J connectivity index is 1.71. The summed E-state index contributed by atoms with van der Waals surface area (Å²) in [5.41, 5.74) is 4.42. The van der Waals surface area contributed by atoms with Gasteiger partial charge in [0, 0.05) is 37.6 Å². The van der Waals surface area contributed by atoms with E-state index < -0.39 is 0 Å². The maximum absolute atomic E-state index is 13.2. The van der Waals surface area contributed by atoms with Gasteiger partial charge in [-0.2, -0.15) is 0 Å². The van der Waals surface area contributed by atoms with Gasteiger partial charge in [0.2, 0.25) is 5.91 Å². The zero-order chi connectivity index (χ0) is 19.7. The zero-order valence-corrected chi connectivity index (χ0v) is 16.5. The average Bonchev–Trinajstić information content (AvgIpc) is 3.14. The molecule has 1 amide bonds. The van der Waals surface area contributed by atoms with Crippen molar-refractivity contribution in [2.45, 2.75) is 31.8 Å². The van der Waals surface area contributed by atoms with E-state index >= 15 is 0 Å². The number of anilines is 1. The van der Waals surface area contributed by atoms with Crippen molar-refractivity contribution in [1.29, 1.82) is 0 Å². The lowest BCUT2D eigenvalue weighted by atomic mass is 9.81. The smallest absolute Gasteiger partial charge is 0.227 e. The molecule has 0 unspecified atom stereocenters. The number of aromatic nitrogens is 1. The molecule has 3 heterocycles. The van der Waals surface area contributed by atoms with Gasteiger partial charge < -0.3 is 14.9 Å². The quantitative estimate of drug-likeness (QED) is 0.890. The Morgan fingerprint density at radius 2 is 2.07 bits per heavy atom. The van der Waals surface area contributed by atoms with Gasteiger partial charge in [0.05, 0.1) is 25.1 Å². The maximum atomic E-state index is 13.2. The predicted molar refractivity (Wildman–Crippen MR) is 111 cm³/mol. The minimum absolute atomic E-state index is 0.0166. The summed E-state index contributed by atoms with van der Waals surface area (Å²) in [6, 6.07) is 10.3. The van der Waals surface area contributed by atoms with E-state index in [2.05, 4.69) is 34.2 Å². The minimum Gasteiger partial charge on any atom is -0.394 e. The summed E-state index contributed by atoms with van der Waals surface area (Å²) in [4.78, 5) is 21.4. The highest BCUT2D eigenvalue weighted by Crippen LogP contribution is 2.48. The molecule has 0 aliphatic carbocycles. The first kappa shape index (κ1) is 18.7. The molecular formula is C23H27N3O2. The van der Waals surface area contributed by atoms with Crippen LogP contribution in [0.4, 0.5) is 5.69 Å². The summed E-state index contributed by atoms with van der Waals surface area (Å²) in [6.45, 7) is 2.84. The van der Waals surface area contributed by atoms with E-state index in [0.29, 0.717) is 6.42 Å². The van der Waals surface area contributed by atoms with Gasteiger partial charge in [-0.25, -0.2) is 0 Å². The molecule has 28 heavy (non-hydrogen) atoms. The zero-order valence-electron chi connectivity index (χ0n) is 16.5. The number of carbonyl (C=O) groups is 1. The van der Waals surface area contributed by atoms with Crippen LogP contribution >= 0.6 is 0 Å². The van der Waals surface area contributed by atoms with Gasteiger partial charge in [0.1, 0.15) is 0 Å². The largest absolute Gasteiger partial charge is 0.394 e. The highest BCUT2D eigenvalue weighted by Gasteiger charge is 2.47. The Morgan fingerprint density at radius 1 is 1.29 bits per heavy atom. The van der Waals surface area contributed by atoms with Crippen LogP contribution in [0.15, 0.2) is 48.8 Å². The second-order valence-electron chi connectivity index (χ2n) is 7.70. The molecule has 1 aromatic heterocycles. The number of hydrogen-bond donors (Lipinski definition) is 1. The van der Waals surface area contributed by atoms with Crippen molar-refractivity contribution in [3.05, 3.63) is 65.5 Å². The van der Waals surface area contributed by atoms with Gasteiger partial charge in [-0.1, -0.05) is 18.2 Å². The molecule has 1 N–H and O–H groups in total. The van der Waals surface area contributed by atoms with Gasteiger partial charge in [0.15, 0.2) is 0 Å². The standard InChI is InChI=1S/C23H27N3O2/c1-3-4-16-5-6-20-19(13-16)23-18(21(15-27)25(20)2)9-12-26(23)22(28)14-17-7-10-24-11-8-17/h3-8,10-11,13,18,21,23,27H,9,12,14-15H2,1-2H3/b4-3+/t18-,21+,23-/m0/s1. The van der Waals surface area contributed by atoms with Crippen LogP contribution in [0.25, 0.3) is 6.08 Å². The molecule has 2 aliphatic heterocycles. The second kappa shape index (κ2) is 7.76. The summed E-state index contributed by atoms with van der Waals surface area (Å²) < 4.78 is 0. The molecule has 0 saturated carbocycles. The van der Waals surface area contributed by atoms with Crippen molar-refractivity contribution >= 4 is 17.7 Å². The summed E-state index contributed by atoms with van der Waals surface area (Å²) in [7, 11) is 2.05. The topological polar surface area (TPSA) is 56.7 Å². The summed E-state index contributed by atoms with van der Waals surface area (Å²) >= 11 is 0. The first-order valence-corrected chi connectivity index (χ1v) is 9.92. The number of rotatable bonds is 4. The van der Waals surface area contributed by atoms with Crippen LogP contribution in [0.1, 0.15) is 36.1 Å². The van der Waals surface area contributed by atoms with E-state index in [0.717, 1.165) is 29.8 Å².